The monoisotopic (exact) mass is 518 g/mol. The standard InChI is InChI=1S/C29H38N6O3/c1-2-3-4-5-6-9-18-38-27(37)13-12-26(36)34-17-15-24-28(31-21-32-29(24)34)23-19-33-35(20-23)25(14-16-30)22-10-7-8-11-22/h15,17,19-22,25H,2-14,18H2,1H3. The number of esters is 1. The highest BCUT2D eigenvalue weighted by Crippen LogP contribution is 2.36. The molecule has 0 N–H and O–H groups in total. The molecule has 9 nitrogen and oxygen atoms in total. The number of carbonyl (C=O) groups excluding carboxylic acids is 2. The van der Waals surface area contributed by atoms with Gasteiger partial charge >= 0.3 is 5.97 Å². The molecule has 202 valence electrons. The van der Waals surface area contributed by atoms with Crippen molar-refractivity contribution in [2.45, 2.75) is 96.4 Å². The Balaban J connectivity index is 1.37. The first kappa shape index (κ1) is 27.5. The zero-order valence-corrected chi connectivity index (χ0v) is 22.3. The van der Waals surface area contributed by atoms with Crippen molar-refractivity contribution in [1.29, 1.82) is 5.26 Å². The van der Waals surface area contributed by atoms with Gasteiger partial charge < -0.3 is 4.74 Å². The van der Waals surface area contributed by atoms with Crippen molar-refractivity contribution in [2.75, 3.05) is 6.61 Å². The van der Waals surface area contributed by atoms with Crippen molar-refractivity contribution in [1.82, 2.24) is 24.3 Å². The number of rotatable bonds is 14. The number of carbonyl (C=O) groups is 2. The fourth-order valence-corrected chi connectivity index (χ4v) is 5.41. The molecule has 0 bridgehead atoms. The van der Waals surface area contributed by atoms with E-state index in [4.69, 9.17) is 4.74 Å². The van der Waals surface area contributed by atoms with E-state index in [0.717, 1.165) is 43.1 Å². The van der Waals surface area contributed by atoms with Gasteiger partial charge in [-0.1, -0.05) is 51.9 Å². The van der Waals surface area contributed by atoms with Gasteiger partial charge in [-0.25, -0.2) is 9.97 Å². The Kier molecular flexibility index (Phi) is 10.0. The summed E-state index contributed by atoms with van der Waals surface area (Å²) in [5.41, 5.74) is 2.01. The molecule has 0 spiro atoms. The van der Waals surface area contributed by atoms with Gasteiger partial charge in [0.05, 0.1) is 43.5 Å². The molecular weight excluding hydrogens is 480 g/mol. The van der Waals surface area contributed by atoms with Crippen molar-refractivity contribution in [3.05, 3.63) is 31.0 Å². The second-order valence-corrected chi connectivity index (χ2v) is 10.2. The Hall–Kier alpha value is -3.54. The smallest absolute Gasteiger partial charge is 0.306 e. The minimum Gasteiger partial charge on any atom is -0.466 e. The fraction of sp³-hybridized carbons (Fsp3) is 0.586. The fourth-order valence-electron chi connectivity index (χ4n) is 5.41. The van der Waals surface area contributed by atoms with Crippen molar-refractivity contribution >= 4 is 22.9 Å². The average molecular weight is 519 g/mol. The van der Waals surface area contributed by atoms with Gasteiger partial charge in [-0.3, -0.25) is 18.8 Å². The maximum atomic E-state index is 12.9. The molecule has 3 heterocycles. The summed E-state index contributed by atoms with van der Waals surface area (Å²) in [6, 6.07) is 4.20. The lowest BCUT2D eigenvalue weighted by Gasteiger charge is -2.21. The predicted molar refractivity (Wildman–Crippen MR) is 144 cm³/mol. The maximum Gasteiger partial charge on any atom is 0.306 e. The summed E-state index contributed by atoms with van der Waals surface area (Å²) in [4.78, 5) is 33.8. The summed E-state index contributed by atoms with van der Waals surface area (Å²) in [6.07, 6.45) is 18.7. The maximum absolute atomic E-state index is 12.9. The van der Waals surface area contributed by atoms with Gasteiger partial charge in [0.25, 0.3) is 0 Å². The van der Waals surface area contributed by atoms with Crippen molar-refractivity contribution in [3.63, 3.8) is 0 Å². The van der Waals surface area contributed by atoms with Crippen LogP contribution >= 0.6 is 0 Å². The third kappa shape index (κ3) is 6.85. The summed E-state index contributed by atoms with van der Waals surface area (Å²) < 4.78 is 8.68. The third-order valence-electron chi connectivity index (χ3n) is 7.51. The van der Waals surface area contributed by atoms with Crippen molar-refractivity contribution in [2.24, 2.45) is 5.92 Å². The van der Waals surface area contributed by atoms with Crippen LogP contribution in [0.4, 0.5) is 0 Å². The molecule has 4 rings (SSSR count). The van der Waals surface area contributed by atoms with Crippen LogP contribution in [0.1, 0.15) is 101 Å². The van der Waals surface area contributed by atoms with E-state index >= 15 is 0 Å². The molecule has 0 saturated heterocycles. The molecular formula is C29H38N6O3. The van der Waals surface area contributed by atoms with Crippen LogP contribution in [-0.4, -0.2) is 42.8 Å². The Bertz CT molecular complexity index is 1250. The zero-order chi connectivity index (χ0) is 26.7. The Labute approximate surface area is 224 Å². The van der Waals surface area contributed by atoms with Gasteiger partial charge in [0.2, 0.25) is 5.91 Å². The third-order valence-corrected chi connectivity index (χ3v) is 7.51. The number of nitrogens with zero attached hydrogens (tertiary/aromatic N) is 6. The van der Waals surface area contributed by atoms with Crippen LogP contribution in [-0.2, 0) is 9.53 Å². The molecule has 0 aromatic carbocycles. The molecule has 0 amide bonds. The Morgan fingerprint density at radius 2 is 1.92 bits per heavy atom. The molecule has 1 saturated carbocycles. The summed E-state index contributed by atoms with van der Waals surface area (Å²) in [5, 5.41) is 14.7. The van der Waals surface area contributed by atoms with Crippen molar-refractivity contribution in [3.8, 4) is 17.3 Å². The SMILES string of the molecule is CCCCCCCCOC(=O)CCC(=O)n1ccc2c(-c3cnn(C(CC#N)C4CCCC4)c3)ncnc21. The average Bonchev–Trinajstić information content (AvgIpc) is 3.71. The van der Waals surface area contributed by atoms with Crippen LogP contribution in [0.2, 0.25) is 0 Å². The zero-order valence-electron chi connectivity index (χ0n) is 22.3. The normalized spacial score (nSPS) is 14.5. The van der Waals surface area contributed by atoms with E-state index in [0.29, 0.717) is 30.3 Å². The van der Waals surface area contributed by atoms with Crippen LogP contribution in [0.3, 0.4) is 0 Å². The van der Waals surface area contributed by atoms with Crippen LogP contribution in [0.5, 0.6) is 0 Å². The van der Waals surface area contributed by atoms with Gasteiger partial charge in [0.15, 0.2) is 5.65 Å². The first-order valence-corrected chi connectivity index (χ1v) is 14.0. The van der Waals surface area contributed by atoms with Gasteiger partial charge in [-0.15, -0.1) is 0 Å². The molecule has 3 aromatic rings. The second-order valence-electron chi connectivity index (χ2n) is 10.2. The van der Waals surface area contributed by atoms with E-state index in [1.54, 1.807) is 12.4 Å². The van der Waals surface area contributed by atoms with Gasteiger partial charge in [0.1, 0.15) is 6.33 Å². The van der Waals surface area contributed by atoms with E-state index < -0.39 is 0 Å². The van der Waals surface area contributed by atoms with Gasteiger partial charge in [-0.05, 0) is 31.2 Å². The molecule has 1 aliphatic carbocycles. The Morgan fingerprint density at radius 3 is 2.71 bits per heavy atom. The number of nitriles is 1. The van der Waals surface area contributed by atoms with Crippen LogP contribution in [0, 0.1) is 17.2 Å². The van der Waals surface area contributed by atoms with E-state index in [1.165, 1.54) is 43.0 Å². The number of hydrogen-bond donors (Lipinski definition) is 0. The van der Waals surface area contributed by atoms with E-state index in [-0.39, 0.29) is 30.8 Å². The molecule has 9 heteroatoms. The molecule has 3 aromatic heterocycles. The topological polar surface area (TPSA) is 116 Å². The largest absolute Gasteiger partial charge is 0.466 e. The van der Waals surface area contributed by atoms with Gasteiger partial charge in [-0.2, -0.15) is 10.4 Å². The number of unbranched alkanes of at least 4 members (excludes halogenated alkanes) is 5. The minimum absolute atomic E-state index is 0.0422. The van der Waals surface area contributed by atoms with Crippen molar-refractivity contribution < 1.29 is 14.3 Å². The second kappa shape index (κ2) is 13.8. The number of fused-ring (bicyclic) bond motifs is 1. The molecule has 0 radical (unpaired) electrons. The van der Waals surface area contributed by atoms with Crippen LogP contribution in [0.15, 0.2) is 31.0 Å². The Morgan fingerprint density at radius 1 is 1.13 bits per heavy atom. The van der Waals surface area contributed by atoms with Crippen LogP contribution < -0.4 is 0 Å². The number of ether oxygens (including phenoxy) is 1. The first-order valence-electron chi connectivity index (χ1n) is 14.0. The lowest BCUT2D eigenvalue weighted by Crippen LogP contribution is -2.17. The van der Waals surface area contributed by atoms with E-state index in [2.05, 4.69) is 28.1 Å². The lowest BCUT2D eigenvalue weighted by atomic mass is 9.96. The molecule has 1 atom stereocenters. The molecule has 1 fully saturated rings. The number of hydrogen-bond acceptors (Lipinski definition) is 7. The highest BCUT2D eigenvalue weighted by atomic mass is 16.5. The molecule has 38 heavy (non-hydrogen) atoms. The summed E-state index contributed by atoms with van der Waals surface area (Å²) in [6.45, 7) is 2.59. The molecule has 1 unspecified atom stereocenters. The first-order chi connectivity index (χ1) is 18.6. The highest BCUT2D eigenvalue weighted by molar-refractivity contribution is 5.97. The summed E-state index contributed by atoms with van der Waals surface area (Å²) in [5.74, 6) is -0.100. The summed E-state index contributed by atoms with van der Waals surface area (Å²) >= 11 is 0. The molecule has 1 aliphatic rings. The van der Waals surface area contributed by atoms with Crippen LogP contribution in [0.25, 0.3) is 22.3 Å². The van der Waals surface area contributed by atoms with E-state index in [9.17, 15) is 14.9 Å². The quantitative estimate of drug-likeness (QED) is 0.182. The predicted octanol–water partition coefficient (Wildman–Crippen LogP) is 6.26. The van der Waals surface area contributed by atoms with E-state index in [1.807, 2.05) is 16.9 Å². The summed E-state index contributed by atoms with van der Waals surface area (Å²) in [7, 11) is 0. The molecule has 0 aliphatic heterocycles. The number of aromatic nitrogens is 5. The lowest BCUT2D eigenvalue weighted by molar-refractivity contribution is -0.143. The highest BCUT2D eigenvalue weighted by Gasteiger charge is 2.27. The van der Waals surface area contributed by atoms with Gasteiger partial charge in [0, 0.05) is 29.8 Å². The minimum atomic E-state index is -0.347.